The van der Waals surface area contributed by atoms with Gasteiger partial charge in [-0.05, 0) is 0 Å². The minimum atomic E-state index is 0.968. The van der Waals surface area contributed by atoms with Gasteiger partial charge in [0.25, 0.3) is 0 Å². The van der Waals surface area contributed by atoms with Crippen LogP contribution in [-0.4, -0.2) is 13.5 Å². The van der Waals surface area contributed by atoms with Gasteiger partial charge in [0.05, 0.1) is 0 Å². The van der Waals surface area contributed by atoms with Crippen LogP contribution in [0.1, 0.15) is 97.8 Å². The molecule has 25 heavy (non-hydrogen) atoms. The van der Waals surface area contributed by atoms with E-state index in [1.807, 2.05) is 0 Å². The number of fused-ring (bicyclic) bond motifs is 4. The van der Waals surface area contributed by atoms with E-state index in [0.29, 0.717) is 0 Å². The first-order valence-electron chi connectivity index (χ1n) is 11.8. The molecule has 3 saturated carbocycles. The zero-order valence-electron chi connectivity index (χ0n) is 17.4. The second kappa shape index (κ2) is 9.23. The predicted octanol–water partition coefficient (Wildman–Crippen LogP) is 6.40. The van der Waals surface area contributed by atoms with Crippen LogP contribution in [0.2, 0.25) is 0 Å². The van der Waals surface area contributed by atoms with Crippen molar-refractivity contribution in [2.24, 2.45) is 47.3 Å². The molecule has 0 nitrogen and oxygen atoms in total. The molecule has 3 fully saturated rings. The Hall–Kier alpha value is -0.0651. The molecule has 8 atom stereocenters. The molecule has 0 saturated heterocycles. The summed E-state index contributed by atoms with van der Waals surface area (Å²) in [6.07, 6.45) is 17.8. The van der Waals surface area contributed by atoms with E-state index in [-0.39, 0.29) is 0 Å². The van der Waals surface area contributed by atoms with Gasteiger partial charge in [0.1, 0.15) is 0 Å². The van der Waals surface area contributed by atoms with Gasteiger partial charge in [0.15, 0.2) is 0 Å². The topological polar surface area (TPSA) is 0 Å². The SMILES string of the molecule is B=CCCC1CCC2CC(CCCCC)CCC2C2CC(C)C1C2C. The van der Waals surface area contributed by atoms with Crippen molar-refractivity contribution in [3.63, 3.8) is 0 Å². The van der Waals surface area contributed by atoms with E-state index < -0.39 is 0 Å². The summed E-state index contributed by atoms with van der Waals surface area (Å²) in [6.45, 7) is 7.56. The average Bonchev–Trinajstić information content (AvgIpc) is 2.92. The summed E-state index contributed by atoms with van der Waals surface area (Å²) in [5, 5.41) is 0. The Balaban J connectivity index is 1.67. The molecule has 142 valence electrons. The second-order valence-corrected chi connectivity index (χ2v) is 10.1. The van der Waals surface area contributed by atoms with Crippen LogP contribution in [-0.2, 0) is 0 Å². The molecule has 0 N–H and O–H groups in total. The molecule has 0 radical (unpaired) electrons. The minimum absolute atomic E-state index is 0.968. The summed E-state index contributed by atoms with van der Waals surface area (Å²) in [5.41, 5.74) is 0. The fraction of sp³-hybridized carbons (Fsp3) is 0.958. The molecule has 2 bridgehead atoms. The Bertz CT molecular complexity index is 416. The fourth-order valence-corrected chi connectivity index (χ4v) is 7.58. The summed E-state index contributed by atoms with van der Waals surface area (Å²) in [4.78, 5) is 0. The Labute approximate surface area is 159 Å². The van der Waals surface area contributed by atoms with Crippen molar-refractivity contribution in [2.75, 3.05) is 0 Å². The van der Waals surface area contributed by atoms with Gasteiger partial charge < -0.3 is 0 Å². The summed E-state index contributed by atoms with van der Waals surface area (Å²) < 4.78 is 0. The number of hydrogen-bond acceptors (Lipinski definition) is 0. The van der Waals surface area contributed by atoms with Crippen LogP contribution in [0.3, 0.4) is 0 Å². The first kappa shape index (κ1) is 19.7. The molecule has 0 aromatic heterocycles. The molecular formula is C24H43B. The van der Waals surface area contributed by atoms with E-state index in [0.717, 1.165) is 47.3 Å². The van der Waals surface area contributed by atoms with E-state index in [1.54, 1.807) is 25.7 Å². The van der Waals surface area contributed by atoms with E-state index in [2.05, 4.69) is 34.2 Å². The zero-order chi connectivity index (χ0) is 17.8. The average molecular weight is 342 g/mol. The van der Waals surface area contributed by atoms with Gasteiger partial charge >= 0.3 is 145 Å². The summed E-state index contributed by atoms with van der Waals surface area (Å²) in [5.74, 6) is 10.3. The molecule has 0 spiro atoms. The molecule has 1 heteroatoms. The van der Waals surface area contributed by atoms with Crippen molar-refractivity contribution in [2.45, 2.75) is 97.8 Å². The van der Waals surface area contributed by atoms with Crippen molar-refractivity contribution < 1.29 is 0 Å². The Morgan fingerprint density at radius 3 is 2.52 bits per heavy atom. The van der Waals surface area contributed by atoms with Gasteiger partial charge in [-0.1, -0.05) is 13.3 Å². The van der Waals surface area contributed by atoms with Crippen LogP contribution in [0.4, 0.5) is 0 Å². The quantitative estimate of drug-likeness (QED) is 0.371. The van der Waals surface area contributed by atoms with Gasteiger partial charge in [-0.15, -0.1) is 0 Å². The standard InChI is InChI=1S/C24H43B/c1-4-5-6-8-19-10-13-22-21(16-19)12-11-20(9-7-14-25)24-17(2)15-23(22)18(24)3/h14,17-25H,4-13,15-16H2,1-3H3. The van der Waals surface area contributed by atoms with Gasteiger partial charge in [-0.25, -0.2) is 0 Å². The molecule has 3 aliphatic rings. The molecule has 0 aromatic carbocycles. The van der Waals surface area contributed by atoms with Gasteiger partial charge in [0.2, 0.25) is 0 Å². The van der Waals surface area contributed by atoms with Crippen molar-refractivity contribution in [1.29, 1.82) is 0 Å². The third-order valence-electron chi connectivity index (χ3n) is 8.69. The third-order valence-corrected chi connectivity index (χ3v) is 8.69. The van der Waals surface area contributed by atoms with Crippen molar-refractivity contribution in [1.82, 2.24) is 0 Å². The van der Waals surface area contributed by atoms with Crippen LogP contribution in [0.15, 0.2) is 0 Å². The van der Waals surface area contributed by atoms with E-state index in [1.165, 1.54) is 51.4 Å². The summed E-state index contributed by atoms with van der Waals surface area (Å²) in [7, 11) is 4.00. The summed E-state index contributed by atoms with van der Waals surface area (Å²) >= 11 is 0. The Morgan fingerprint density at radius 2 is 1.76 bits per heavy atom. The van der Waals surface area contributed by atoms with E-state index >= 15 is 0 Å². The van der Waals surface area contributed by atoms with Gasteiger partial charge in [-0.3, -0.25) is 0 Å². The van der Waals surface area contributed by atoms with E-state index in [4.69, 9.17) is 0 Å². The molecule has 0 aliphatic heterocycles. The van der Waals surface area contributed by atoms with Gasteiger partial charge in [0, 0.05) is 0 Å². The molecule has 0 amide bonds. The third kappa shape index (κ3) is 4.44. The zero-order valence-corrected chi connectivity index (χ0v) is 17.4. The maximum atomic E-state index is 4.00. The number of hydrogen-bond donors (Lipinski definition) is 0. The monoisotopic (exact) mass is 342 g/mol. The van der Waals surface area contributed by atoms with Crippen LogP contribution < -0.4 is 0 Å². The molecule has 3 rings (SSSR count). The molecule has 0 heterocycles. The van der Waals surface area contributed by atoms with Crippen molar-refractivity contribution in [3.8, 4) is 0 Å². The Morgan fingerprint density at radius 1 is 0.920 bits per heavy atom. The van der Waals surface area contributed by atoms with Crippen molar-refractivity contribution in [3.05, 3.63) is 0 Å². The summed E-state index contributed by atoms with van der Waals surface area (Å²) in [6, 6.07) is 0. The van der Waals surface area contributed by atoms with Crippen LogP contribution in [0.5, 0.6) is 0 Å². The van der Waals surface area contributed by atoms with Crippen LogP contribution >= 0.6 is 0 Å². The Kier molecular flexibility index (Phi) is 7.27. The normalized spacial score (nSPS) is 43.9. The number of unbranched alkanes of at least 4 members (excludes halogenated alkanes) is 2. The second-order valence-electron chi connectivity index (χ2n) is 10.1. The fourth-order valence-electron chi connectivity index (χ4n) is 7.58. The van der Waals surface area contributed by atoms with E-state index in [9.17, 15) is 0 Å². The van der Waals surface area contributed by atoms with Gasteiger partial charge in [-0.2, -0.15) is 0 Å². The first-order valence-corrected chi connectivity index (χ1v) is 11.8. The van der Waals surface area contributed by atoms with Crippen LogP contribution in [0, 0.1) is 47.3 Å². The number of rotatable bonds is 7. The molecular weight excluding hydrogens is 299 g/mol. The van der Waals surface area contributed by atoms with Crippen LogP contribution in [0.25, 0.3) is 0 Å². The molecule has 3 aliphatic carbocycles. The first-order chi connectivity index (χ1) is 12.2. The van der Waals surface area contributed by atoms with Crippen molar-refractivity contribution >= 4 is 13.5 Å². The molecule has 0 aromatic rings. The molecule has 8 unspecified atom stereocenters. The maximum absolute atomic E-state index is 4.00. The predicted molar refractivity (Wildman–Crippen MR) is 114 cm³/mol.